The lowest BCUT2D eigenvalue weighted by atomic mass is 9.97. The third kappa shape index (κ3) is 8.42. The summed E-state index contributed by atoms with van der Waals surface area (Å²) in [5, 5.41) is 0.496. The van der Waals surface area contributed by atoms with Gasteiger partial charge in [0.05, 0.1) is 16.6 Å². The van der Waals surface area contributed by atoms with Crippen LogP contribution in [0.5, 0.6) is 17.2 Å². The Kier molecular flexibility index (Phi) is 11.5. The number of pyridine rings is 1. The molecule has 6 rings (SSSR count). The summed E-state index contributed by atoms with van der Waals surface area (Å²) < 4.78 is 21.9. The molecule has 0 radical (unpaired) electrons. The van der Waals surface area contributed by atoms with E-state index in [2.05, 4.69) is 30.5 Å². The molecule has 1 heterocycles. The molecule has 5 heteroatoms. The summed E-state index contributed by atoms with van der Waals surface area (Å²) in [5.41, 5.74) is 5.35. The van der Waals surface area contributed by atoms with Gasteiger partial charge >= 0.3 is 0 Å². The van der Waals surface area contributed by atoms with Crippen molar-refractivity contribution < 1.29 is 14.2 Å². The zero-order chi connectivity index (χ0) is 33.8. The molecule has 0 fully saturated rings. The van der Waals surface area contributed by atoms with Gasteiger partial charge in [-0.15, -0.1) is 0 Å². The molecule has 0 spiro atoms. The fourth-order valence-corrected chi connectivity index (χ4v) is 6.27. The van der Waals surface area contributed by atoms with E-state index in [1.165, 1.54) is 0 Å². The van der Waals surface area contributed by atoms with Gasteiger partial charge in [-0.3, -0.25) is 4.79 Å². The van der Waals surface area contributed by atoms with E-state index in [-0.39, 0.29) is 12.0 Å². The second kappa shape index (κ2) is 16.7. The van der Waals surface area contributed by atoms with Crippen LogP contribution in [0.4, 0.5) is 0 Å². The second-order valence-electron chi connectivity index (χ2n) is 12.5. The van der Waals surface area contributed by atoms with Gasteiger partial charge in [0, 0.05) is 24.2 Å². The van der Waals surface area contributed by atoms with Crippen molar-refractivity contribution in [3.8, 4) is 28.5 Å². The highest BCUT2D eigenvalue weighted by Crippen LogP contribution is 2.38. The van der Waals surface area contributed by atoms with Crippen molar-refractivity contribution in [1.29, 1.82) is 0 Å². The molecule has 0 saturated heterocycles. The Morgan fingerprint density at radius 3 is 1.71 bits per heavy atom. The van der Waals surface area contributed by atoms with Gasteiger partial charge in [0.15, 0.2) is 5.75 Å². The van der Waals surface area contributed by atoms with E-state index in [0.717, 1.165) is 65.7 Å². The van der Waals surface area contributed by atoms with E-state index >= 15 is 0 Å². The maximum absolute atomic E-state index is 14.9. The van der Waals surface area contributed by atoms with Crippen LogP contribution in [-0.2, 0) is 26.4 Å². The number of hydrogen-bond acceptors (Lipinski definition) is 4. The summed E-state index contributed by atoms with van der Waals surface area (Å²) in [6.07, 6.45) is 4.39. The van der Waals surface area contributed by atoms with Gasteiger partial charge in [0.25, 0.3) is 0 Å². The zero-order valence-electron chi connectivity index (χ0n) is 28.5. The number of benzene rings is 5. The van der Waals surface area contributed by atoms with E-state index < -0.39 is 0 Å². The Morgan fingerprint density at radius 2 is 1.16 bits per heavy atom. The van der Waals surface area contributed by atoms with Crippen LogP contribution < -0.4 is 19.6 Å². The van der Waals surface area contributed by atoms with E-state index in [1.54, 1.807) is 0 Å². The minimum atomic E-state index is -0.194. The number of aromatic nitrogens is 1. The Hall–Kier alpha value is -5.29. The molecule has 0 aliphatic rings. The molecular formula is C44H45NO4. The van der Waals surface area contributed by atoms with Crippen molar-refractivity contribution in [2.45, 2.75) is 65.9 Å². The molecule has 0 amide bonds. The van der Waals surface area contributed by atoms with E-state index in [0.29, 0.717) is 41.8 Å². The maximum Gasteiger partial charge on any atom is 0.235 e. The normalized spacial score (nSPS) is 11.7. The third-order valence-electron chi connectivity index (χ3n) is 9.01. The highest BCUT2D eigenvalue weighted by Gasteiger charge is 2.25. The molecular weight excluding hydrogens is 606 g/mol. The molecule has 0 aliphatic heterocycles. The van der Waals surface area contributed by atoms with Crippen molar-refractivity contribution in [3.05, 3.63) is 160 Å². The van der Waals surface area contributed by atoms with Crippen molar-refractivity contribution >= 4 is 10.9 Å². The highest BCUT2D eigenvalue weighted by atomic mass is 16.5. The Labute approximate surface area is 289 Å². The first kappa shape index (κ1) is 33.6. The average Bonchev–Trinajstić information content (AvgIpc) is 3.16. The Morgan fingerprint density at radius 1 is 0.633 bits per heavy atom. The van der Waals surface area contributed by atoms with Gasteiger partial charge in [0.1, 0.15) is 31.3 Å². The molecule has 49 heavy (non-hydrogen) atoms. The number of hydrogen-bond donors (Lipinski definition) is 0. The molecule has 0 saturated carbocycles. The van der Waals surface area contributed by atoms with Crippen molar-refractivity contribution in [2.24, 2.45) is 5.92 Å². The average molecular weight is 652 g/mol. The lowest BCUT2D eigenvalue weighted by molar-refractivity contribution is 0.290. The lowest BCUT2D eigenvalue weighted by Crippen LogP contribution is -2.21. The minimum absolute atomic E-state index is 0.194. The third-order valence-corrected chi connectivity index (χ3v) is 9.01. The van der Waals surface area contributed by atoms with Crippen LogP contribution >= 0.6 is 0 Å². The number of rotatable bonds is 16. The van der Waals surface area contributed by atoms with Gasteiger partial charge < -0.3 is 18.8 Å². The molecule has 0 N–H and O–H groups in total. The topological polar surface area (TPSA) is 49.7 Å². The molecule has 6 aromatic rings. The van der Waals surface area contributed by atoms with Crippen molar-refractivity contribution in [2.75, 3.05) is 0 Å². The smallest absolute Gasteiger partial charge is 0.235 e. The minimum Gasteiger partial charge on any atom is -0.489 e. The van der Waals surface area contributed by atoms with Crippen LogP contribution in [0.1, 0.15) is 56.2 Å². The zero-order valence-corrected chi connectivity index (χ0v) is 28.5. The van der Waals surface area contributed by atoms with Crippen molar-refractivity contribution in [1.82, 2.24) is 4.57 Å². The van der Waals surface area contributed by atoms with Gasteiger partial charge in [-0.05, 0) is 29.0 Å². The first-order chi connectivity index (χ1) is 24.1. The number of fused-ring (bicyclic) bond motifs is 1. The van der Waals surface area contributed by atoms with Gasteiger partial charge in [-0.2, -0.15) is 0 Å². The van der Waals surface area contributed by atoms with Crippen LogP contribution in [0.25, 0.3) is 22.2 Å². The quantitative estimate of drug-likeness (QED) is 0.104. The van der Waals surface area contributed by atoms with E-state index in [1.807, 2.05) is 121 Å². The molecule has 0 bridgehead atoms. The first-order valence-electron chi connectivity index (χ1n) is 17.4. The monoisotopic (exact) mass is 651 g/mol. The second-order valence-corrected chi connectivity index (χ2v) is 12.5. The van der Waals surface area contributed by atoms with Crippen molar-refractivity contribution in [3.63, 3.8) is 0 Å². The number of nitrogens with zero attached hydrogens (tertiary/aromatic N) is 1. The SMILES string of the molecule is CCCCC(CC)Cn1c(-c2ccccc2)c(OCc2ccccc2)c(=O)c2c(OCc3ccccc3)cc(OCc3ccccc3)cc21. The molecule has 1 atom stereocenters. The van der Waals surface area contributed by atoms with Gasteiger partial charge in [0.2, 0.25) is 5.43 Å². The van der Waals surface area contributed by atoms with Crippen LogP contribution in [0, 0.1) is 5.92 Å². The predicted molar refractivity (Wildman–Crippen MR) is 199 cm³/mol. The van der Waals surface area contributed by atoms with E-state index in [9.17, 15) is 4.79 Å². The molecule has 0 aliphatic carbocycles. The first-order valence-corrected chi connectivity index (χ1v) is 17.4. The number of ether oxygens (including phenoxy) is 3. The van der Waals surface area contributed by atoms with Crippen LogP contribution in [0.3, 0.4) is 0 Å². The van der Waals surface area contributed by atoms with Crippen LogP contribution in [0.15, 0.2) is 138 Å². The molecule has 1 unspecified atom stereocenters. The van der Waals surface area contributed by atoms with Crippen LogP contribution in [-0.4, -0.2) is 4.57 Å². The standard InChI is InChI=1S/C44H45NO4/c1-3-5-18-33(4-2)29-45-39-27-38(47-30-34-19-10-6-11-20-34)28-40(48-31-35-21-12-7-13-22-35)41(39)43(46)44(42(45)37-25-16-9-17-26-37)49-32-36-23-14-8-15-24-36/h6-17,19-28,33H,3-5,18,29-32H2,1-2H3. The molecule has 5 nitrogen and oxygen atoms in total. The fraction of sp³-hybridized carbons (Fsp3) is 0.250. The predicted octanol–water partition coefficient (Wildman–Crippen LogP) is 10.6. The van der Waals surface area contributed by atoms with Gasteiger partial charge in [-0.1, -0.05) is 154 Å². The molecule has 1 aromatic heterocycles. The maximum atomic E-state index is 14.9. The summed E-state index contributed by atoms with van der Waals surface area (Å²) in [7, 11) is 0. The summed E-state index contributed by atoms with van der Waals surface area (Å²) in [6.45, 7) is 6.19. The number of unbranched alkanes of at least 4 members (excludes halogenated alkanes) is 1. The molecule has 5 aromatic carbocycles. The summed E-state index contributed by atoms with van der Waals surface area (Å²) in [6, 6.07) is 44.1. The highest BCUT2D eigenvalue weighted by molar-refractivity contribution is 5.92. The Bertz CT molecular complexity index is 1970. The summed E-state index contributed by atoms with van der Waals surface area (Å²) >= 11 is 0. The van der Waals surface area contributed by atoms with Gasteiger partial charge in [-0.25, -0.2) is 0 Å². The summed E-state index contributed by atoms with van der Waals surface area (Å²) in [4.78, 5) is 14.9. The van der Waals surface area contributed by atoms with E-state index in [4.69, 9.17) is 14.2 Å². The Balaban J connectivity index is 1.58. The largest absolute Gasteiger partial charge is 0.489 e. The molecule has 250 valence electrons. The fourth-order valence-electron chi connectivity index (χ4n) is 6.27. The lowest BCUT2D eigenvalue weighted by Gasteiger charge is -2.26. The summed E-state index contributed by atoms with van der Waals surface area (Å²) in [5.74, 6) is 1.85. The van der Waals surface area contributed by atoms with Crippen LogP contribution in [0.2, 0.25) is 0 Å².